The van der Waals surface area contributed by atoms with Gasteiger partial charge >= 0.3 is 5.97 Å². The minimum absolute atomic E-state index is 0.163. The molecule has 7 heteroatoms. The van der Waals surface area contributed by atoms with E-state index in [2.05, 4.69) is 16.5 Å². The van der Waals surface area contributed by atoms with Gasteiger partial charge in [0.05, 0.1) is 23.6 Å². The first-order valence-electron chi connectivity index (χ1n) is 11.1. The molecule has 2 N–H and O–H groups in total. The molecule has 1 aromatic heterocycles. The molecule has 2 atom stereocenters. The Bertz CT molecular complexity index is 1040. The molecule has 0 radical (unpaired) electrons. The topological polar surface area (TPSA) is 91.8 Å². The van der Waals surface area contributed by atoms with Crippen molar-refractivity contribution in [2.75, 3.05) is 11.6 Å². The lowest BCUT2D eigenvalue weighted by Crippen LogP contribution is -2.44. The highest BCUT2D eigenvalue weighted by molar-refractivity contribution is 5.68. The summed E-state index contributed by atoms with van der Waals surface area (Å²) in [5.41, 5.74) is 7.31. The van der Waals surface area contributed by atoms with Crippen LogP contribution in [0.1, 0.15) is 36.3 Å². The van der Waals surface area contributed by atoms with Crippen LogP contribution in [0.4, 0.5) is 11.4 Å². The zero-order chi connectivity index (χ0) is 23.0. The summed E-state index contributed by atoms with van der Waals surface area (Å²) in [5.74, 6) is -0.213. The van der Waals surface area contributed by atoms with Gasteiger partial charge in [-0.2, -0.15) is 0 Å². The zero-order valence-electron chi connectivity index (χ0n) is 18.3. The molecule has 0 aliphatic heterocycles. The number of anilines is 2. The van der Waals surface area contributed by atoms with Crippen LogP contribution in [-0.2, 0) is 16.0 Å². The number of carboxylic acid groups (broad SMARTS) is 1. The van der Waals surface area contributed by atoms with E-state index in [1.165, 1.54) is 0 Å². The molecule has 0 saturated heterocycles. The molecule has 0 bridgehead atoms. The van der Waals surface area contributed by atoms with Crippen LogP contribution in [0.5, 0.6) is 5.75 Å². The van der Waals surface area contributed by atoms with Crippen molar-refractivity contribution in [2.45, 2.75) is 37.6 Å². The zero-order valence-corrected chi connectivity index (χ0v) is 18.3. The Morgan fingerprint density at radius 3 is 2.70 bits per heavy atom. The number of aliphatic carboxylic acids is 1. The molecular weight excluding hydrogens is 418 g/mol. The van der Waals surface area contributed by atoms with Crippen LogP contribution >= 0.6 is 0 Å². The van der Waals surface area contributed by atoms with E-state index in [1.807, 2.05) is 59.6 Å². The Morgan fingerprint density at radius 1 is 1.15 bits per heavy atom. The van der Waals surface area contributed by atoms with E-state index >= 15 is 0 Å². The number of carbonyl (C=O) groups excluding carboxylic acids is 1. The Labute approximate surface area is 193 Å². The monoisotopic (exact) mass is 445 g/mol. The number of nitrogens with zero attached hydrogens (tertiary/aromatic N) is 2. The fourth-order valence-corrected chi connectivity index (χ4v) is 4.41. The predicted molar refractivity (Wildman–Crippen MR) is 126 cm³/mol. The normalized spacial score (nSPS) is 15.8. The summed E-state index contributed by atoms with van der Waals surface area (Å²) in [6, 6.07) is 18.9. The molecule has 0 saturated carbocycles. The molecule has 1 heterocycles. The number of ether oxygens (including phenoxy) is 1. The first-order valence-corrected chi connectivity index (χ1v) is 11.1. The van der Waals surface area contributed by atoms with E-state index in [0.717, 1.165) is 48.1 Å². The van der Waals surface area contributed by atoms with Gasteiger partial charge in [-0.25, -0.2) is 10.2 Å². The standard InChI is InChI=1S/C26H27N3O4/c30-17-20(28-29(21-8-2-1-3-9-21)22-10-6-14-27-16-22)15-19-7-4-12-24-23(19)11-5-13-25(24)33-18-26(31)32/h1-3,5-6,8-11,13-14,16-17,19-20,28H,4,7,12,15,18H2,(H,31,32). The molecule has 2 aromatic carbocycles. The van der Waals surface area contributed by atoms with E-state index in [-0.39, 0.29) is 12.5 Å². The van der Waals surface area contributed by atoms with Crippen molar-refractivity contribution in [1.29, 1.82) is 0 Å². The number of aromatic nitrogens is 1. The van der Waals surface area contributed by atoms with Gasteiger partial charge in [0.15, 0.2) is 6.61 Å². The third kappa shape index (κ3) is 5.56. The van der Waals surface area contributed by atoms with Gasteiger partial charge in [0, 0.05) is 6.20 Å². The van der Waals surface area contributed by atoms with Crippen molar-refractivity contribution < 1.29 is 19.4 Å². The van der Waals surface area contributed by atoms with Crippen LogP contribution in [-0.4, -0.2) is 35.0 Å². The van der Waals surface area contributed by atoms with Crippen LogP contribution in [0.2, 0.25) is 0 Å². The number of carbonyl (C=O) groups is 2. The highest BCUT2D eigenvalue weighted by Gasteiger charge is 2.27. The van der Waals surface area contributed by atoms with Gasteiger partial charge in [-0.05, 0) is 73.1 Å². The third-order valence-corrected chi connectivity index (χ3v) is 5.86. The van der Waals surface area contributed by atoms with Crippen LogP contribution in [0.25, 0.3) is 0 Å². The molecule has 0 spiro atoms. The van der Waals surface area contributed by atoms with Gasteiger partial charge < -0.3 is 14.6 Å². The molecule has 0 amide bonds. The van der Waals surface area contributed by atoms with Gasteiger partial charge in [0.1, 0.15) is 12.0 Å². The summed E-state index contributed by atoms with van der Waals surface area (Å²) < 4.78 is 5.53. The summed E-state index contributed by atoms with van der Waals surface area (Å²) in [6.07, 6.45) is 7.79. The summed E-state index contributed by atoms with van der Waals surface area (Å²) in [5, 5.41) is 10.9. The minimum Gasteiger partial charge on any atom is -0.482 e. The van der Waals surface area contributed by atoms with Crippen molar-refractivity contribution in [3.63, 3.8) is 0 Å². The molecule has 33 heavy (non-hydrogen) atoms. The smallest absolute Gasteiger partial charge is 0.341 e. The molecule has 2 unspecified atom stereocenters. The summed E-state index contributed by atoms with van der Waals surface area (Å²) in [7, 11) is 0. The first kappa shape index (κ1) is 22.5. The Balaban J connectivity index is 1.55. The van der Waals surface area contributed by atoms with Crippen LogP contribution in [0.15, 0.2) is 73.1 Å². The largest absolute Gasteiger partial charge is 0.482 e. The highest BCUT2D eigenvalue weighted by Crippen LogP contribution is 2.39. The van der Waals surface area contributed by atoms with E-state index in [9.17, 15) is 9.59 Å². The number of benzene rings is 2. The van der Waals surface area contributed by atoms with E-state index < -0.39 is 12.0 Å². The fraction of sp³-hybridized carbons (Fsp3) is 0.269. The molecule has 3 aromatic rings. The van der Waals surface area contributed by atoms with Crippen molar-refractivity contribution in [3.05, 3.63) is 84.2 Å². The third-order valence-electron chi connectivity index (χ3n) is 5.86. The lowest BCUT2D eigenvalue weighted by atomic mass is 9.79. The number of rotatable bonds is 10. The molecular formula is C26H27N3O4. The second-order valence-corrected chi connectivity index (χ2v) is 8.09. The maximum absolute atomic E-state index is 12.1. The fourth-order valence-electron chi connectivity index (χ4n) is 4.41. The number of nitrogens with one attached hydrogen (secondary N) is 1. The molecule has 4 rings (SSSR count). The first-order chi connectivity index (χ1) is 16.2. The molecule has 0 fully saturated rings. The number of fused-ring (bicyclic) bond motifs is 1. The Kier molecular flexibility index (Phi) is 7.32. The minimum atomic E-state index is -0.999. The number of aldehydes is 1. The van der Waals surface area contributed by atoms with Gasteiger partial charge in [-0.3, -0.25) is 9.99 Å². The number of hydrogen-bond acceptors (Lipinski definition) is 6. The van der Waals surface area contributed by atoms with Gasteiger partial charge in [0.2, 0.25) is 0 Å². The lowest BCUT2D eigenvalue weighted by molar-refractivity contribution is -0.139. The summed E-state index contributed by atoms with van der Waals surface area (Å²) in [4.78, 5) is 27.3. The number of carboxylic acids is 1. The van der Waals surface area contributed by atoms with E-state index in [0.29, 0.717) is 12.2 Å². The second-order valence-electron chi connectivity index (χ2n) is 8.09. The van der Waals surface area contributed by atoms with Crippen LogP contribution in [0, 0.1) is 0 Å². The summed E-state index contributed by atoms with van der Waals surface area (Å²) in [6.45, 7) is -0.364. The number of hydrogen-bond donors (Lipinski definition) is 2. The lowest BCUT2D eigenvalue weighted by Gasteiger charge is -2.32. The molecule has 1 aliphatic rings. The van der Waals surface area contributed by atoms with E-state index in [1.54, 1.807) is 12.4 Å². The highest BCUT2D eigenvalue weighted by atomic mass is 16.5. The van der Waals surface area contributed by atoms with Crippen molar-refractivity contribution in [1.82, 2.24) is 10.4 Å². The SMILES string of the molecule is O=CC(CC1CCCc2c(OCC(=O)O)cccc21)NN(c1ccccc1)c1cccnc1. The van der Waals surface area contributed by atoms with Gasteiger partial charge in [0.25, 0.3) is 0 Å². The number of pyridine rings is 1. The van der Waals surface area contributed by atoms with Crippen molar-refractivity contribution in [3.8, 4) is 5.75 Å². The average molecular weight is 446 g/mol. The quantitative estimate of drug-likeness (QED) is 0.356. The van der Waals surface area contributed by atoms with E-state index in [4.69, 9.17) is 9.84 Å². The maximum Gasteiger partial charge on any atom is 0.341 e. The Hall–Kier alpha value is -3.71. The Morgan fingerprint density at radius 2 is 1.97 bits per heavy atom. The van der Waals surface area contributed by atoms with Crippen LogP contribution in [0.3, 0.4) is 0 Å². The molecule has 1 aliphatic carbocycles. The predicted octanol–water partition coefficient (Wildman–Crippen LogP) is 4.27. The number of hydrazine groups is 1. The van der Waals surface area contributed by atoms with Gasteiger partial charge in [-0.1, -0.05) is 30.3 Å². The molecule has 7 nitrogen and oxygen atoms in total. The average Bonchev–Trinajstić information content (AvgIpc) is 2.86. The molecule has 170 valence electrons. The summed E-state index contributed by atoms with van der Waals surface area (Å²) >= 11 is 0. The second kappa shape index (κ2) is 10.7. The van der Waals surface area contributed by atoms with Crippen molar-refractivity contribution >= 4 is 23.6 Å². The van der Waals surface area contributed by atoms with Gasteiger partial charge in [-0.15, -0.1) is 0 Å². The van der Waals surface area contributed by atoms with Crippen molar-refractivity contribution in [2.24, 2.45) is 0 Å². The number of para-hydroxylation sites is 1. The maximum atomic E-state index is 12.1. The van der Waals surface area contributed by atoms with Crippen LogP contribution < -0.4 is 15.2 Å².